The number of hydrogen-bond donors (Lipinski definition) is 1. The lowest BCUT2D eigenvalue weighted by molar-refractivity contribution is 0.224. The molecule has 13 heavy (non-hydrogen) atoms. The summed E-state index contributed by atoms with van der Waals surface area (Å²) in [6.07, 6.45) is -0.470. The van der Waals surface area contributed by atoms with Crippen LogP contribution in [0.2, 0.25) is 0 Å². The third kappa shape index (κ3) is 2.02. The summed E-state index contributed by atoms with van der Waals surface area (Å²) >= 11 is 6.54. The Morgan fingerprint density at radius 1 is 1.38 bits per heavy atom. The summed E-state index contributed by atoms with van der Waals surface area (Å²) in [7, 11) is 0. The van der Waals surface area contributed by atoms with E-state index in [-0.39, 0.29) is 0 Å². The van der Waals surface area contributed by atoms with Gasteiger partial charge in [-0.2, -0.15) is 0 Å². The molecule has 0 saturated carbocycles. The van der Waals surface area contributed by atoms with Crippen molar-refractivity contribution in [2.75, 3.05) is 0 Å². The van der Waals surface area contributed by atoms with Gasteiger partial charge in [-0.15, -0.1) is 22.7 Å². The molecule has 68 valence electrons. The van der Waals surface area contributed by atoms with Crippen LogP contribution in [0.3, 0.4) is 0 Å². The van der Waals surface area contributed by atoms with Crippen LogP contribution in [-0.4, -0.2) is 5.11 Å². The minimum absolute atomic E-state index is 0.470. The van der Waals surface area contributed by atoms with E-state index in [1.54, 1.807) is 22.7 Å². The number of thiophene rings is 2. The average Bonchev–Trinajstić information content (AvgIpc) is 2.72. The molecule has 2 heterocycles. The molecule has 1 nitrogen and oxygen atoms in total. The fourth-order valence-electron chi connectivity index (χ4n) is 1.08. The first kappa shape index (κ1) is 9.40. The van der Waals surface area contributed by atoms with Gasteiger partial charge in [-0.05, 0) is 44.4 Å². The van der Waals surface area contributed by atoms with Gasteiger partial charge in [0.25, 0.3) is 0 Å². The zero-order valence-corrected chi connectivity index (χ0v) is 9.82. The molecule has 0 bridgehead atoms. The molecule has 2 aromatic heterocycles. The van der Waals surface area contributed by atoms with Crippen LogP contribution in [0.25, 0.3) is 0 Å². The van der Waals surface area contributed by atoms with Crippen LogP contribution >= 0.6 is 38.6 Å². The summed E-state index contributed by atoms with van der Waals surface area (Å²) in [6, 6.07) is 5.85. The highest BCUT2D eigenvalue weighted by atomic mass is 79.9. The largest absolute Gasteiger partial charge is 0.383 e. The fourth-order valence-corrected chi connectivity index (χ4v) is 3.01. The second kappa shape index (κ2) is 3.92. The molecule has 0 spiro atoms. The molecule has 0 aliphatic rings. The van der Waals surface area contributed by atoms with Crippen molar-refractivity contribution < 1.29 is 5.11 Å². The van der Waals surface area contributed by atoms with Gasteiger partial charge < -0.3 is 5.11 Å². The molecular formula is C9H7BrOS2. The van der Waals surface area contributed by atoms with E-state index in [9.17, 15) is 5.11 Å². The lowest BCUT2D eigenvalue weighted by Gasteiger charge is -2.04. The maximum Gasteiger partial charge on any atom is 0.114 e. The van der Waals surface area contributed by atoms with E-state index >= 15 is 0 Å². The summed E-state index contributed by atoms with van der Waals surface area (Å²) in [5.74, 6) is 0. The summed E-state index contributed by atoms with van der Waals surface area (Å²) < 4.78 is 1.05. The predicted octanol–water partition coefficient (Wildman–Crippen LogP) is 3.65. The van der Waals surface area contributed by atoms with Crippen LogP contribution in [0.15, 0.2) is 32.7 Å². The van der Waals surface area contributed by atoms with Crippen LogP contribution in [0.5, 0.6) is 0 Å². The highest BCUT2D eigenvalue weighted by Crippen LogP contribution is 2.30. The molecule has 0 aliphatic carbocycles. The molecule has 0 radical (unpaired) electrons. The van der Waals surface area contributed by atoms with Crippen molar-refractivity contribution in [1.82, 2.24) is 0 Å². The summed E-state index contributed by atoms with van der Waals surface area (Å²) in [5, 5.41) is 13.8. The van der Waals surface area contributed by atoms with Crippen molar-refractivity contribution in [3.05, 3.63) is 43.2 Å². The van der Waals surface area contributed by atoms with Crippen molar-refractivity contribution in [2.45, 2.75) is 6.10 Å². The molecule has 0 aliphatic heterocycles. The number of aliphatic hydroxyl groups is 1. The average molecular weight is 275 g/mol. The Kier molecular flexibility index (Phi) is 2.83. The molecular weight excluding hydrogens is 268 g/mol. The van der Waals surface area contributed by atoms with Crippen molar-refractivity contribution >= 4 is 38.6 Å². The highest BCUT2D eigenvalue weighted by molar-refractivity contribution is 9.11. The van der Waals surface area contributed by atoms with Gasteiger partial charge in [-0.3, -0.25) is 0 Å². The first-order valence-corrected chi connectivity index (χ1v) is 6.28. The van der Waals surface area contributed by atoms with Crippen LogP contribution in [0.4, 0.5) is 0 Å². The van der Waals surface area contributed by atoms with Crippen LogP contribution in [-0.2, 0) is 0 Å². The van der Waals surface area contributed by atoms with Crippen molar-refractivity contribution in [2.24, 2.45) is 0 Å². The molecule has 2 rings (SSSR count). The molecule has 1 atom stereocenters. The fraction of sp³-hybridized carbons (Fsp3) is 0.111. The Labute approximate surface area is 92.8 Å². The number of halogens is 1. The Morgan fingerprint density at radius 2 is 2.23 bits per heavy atom. The van der Waals surface area contributed by atoms with Gasteiger partial charge in [0.15, 0.2) is 0 Å². The van der Waals surface area contributed by atoms with Crippen molar-refractivity contribution in [3.8, 4) is 0 Å². The standard InChI is InChI=1S/C9H7BrOS2/c10-8-4-6(5-13-8)9(11)7-2-1-3-12-7/h1-5,9,11H. The third-order valence-electron chi connectivity index (χ3n) is 1.72. The summed E-state index contributed by atoms with van der Waals surface area (Å²) in [4.78, 5) is 0.991. The second-order valence-electron chi connectivity index (χ2n) is 2.60. The van der Waals surface area contributed by atoms with Gasteiger partial charge >= 0.3 is 0 Å². The van der Waals surface area contributed by atoms with Crippen LogP contribution in [0.1, 0.15) is 16.5 Å². The quantitative estimate of drug-likeness (QED) is 0.887. The van der Waals surface area contributed by atoms with E-state index in [0.717, 1.165) is 14.2 Å². The Morgan fingerprint density at radius 3 is 2.77 bits per heavy atom. The van der Waals surface area contributed by atoms with Crippen LogP contribution in [0, 0.1) is 0 Å². The SMILES string of the molecule is OC(c1csc(Br)c1)c1cccs1. The molecule has 1 N–H and O–H groups in total. The summed E-state index contributed by atoms with van der Waals surface area (Å²) in [6.45, 7) is 0. The van der Waals surface area contributed by atoms with Crippen molar-refractivity contribution in [3.63, 3.8) is 0 Å². The van der Waals surface area contributed by atoms with Gasteiger partial charge in [-0.25, -0.2) is 0 Å². The summed E-state index contributed by atoms with van der Waals surface area (Å²) in [5.41, 5.74) is 0.958. The molecule has 0 amide bonds. The minimum atomic E-state index is -0.470. The van der Waals surface area contributed by atoms with Gasteiger partial charge in [0.1, 0.15) is 6.10 Å². The molecule has 0 aromatic carbocycles. The maximum absolute atomic E-state index is 9.89. The molecule has 1 unspecified atom stereocenters. The Hall–Kier alpha value is -0.160. The Bertz CT molecular complexity index is 380. The lowest BCUT2D eigenvalue weighted by atomic mass is 10.2. The zero-order chi connectivity index (χ0) is 9.26. The molecule has 2 aromatic rings. The minimum Gasteiger partial charge on any atom is -0.383 e. The van der Waals surface area contributed by atoms with E-state index in [4.69, 9.17) is 0 Å². The normalized spacial score (nSPS) is 13.1. The third-order valence-corrected chi connectivity index (χ3v) is 4.16. The molecule has 0 saturated heterocycles. The Balaban J connectivity index is 2.28. The van der Waals surface area contributed by atoms with E-state index in [1.807, 2.05) is 29.0 Å². The number of rotatable bonds is 2. The van der Waals surface area contributed by atoms with Crippen LogP contribution < -0.4 is 0 Å². The molecule has 0 fully saturated rings. The first-order chi connectivity index (χ1) is 6.27. The molecule has 4 heteroatoms. The lowest BCUT2D eigenvalue weighted by Crippen LogP contribution is -1.93. The topological polar surface area (TPSA) is 20.2 Å². The smallest absolute Gasteiger partial charge is 0.114 e. The highest BCUT2D eigenvalue weighted by Gasteiger charge is 2.12. The monoisotopic (exact) mass is 274 g/mol. The number of hydrogen-bond acceptors (Lipinski definition) is 3. The zero-order valence-electron chi connectivity index (χ0n) is 6.61. The van der Waals surface area contributed by atoms with Crippen molar-refractivity contribution in [1.29, 1.82) is 0 Å². The van der Waals surface area contributed by atoms with Gasteiger partial charge in [0.2, 0.25) is 0 Å². The van der Waals surface area contributed by atoms with E-state index in [1.165, 1.54) is 0 Å². The van der Waals surface area contributed by atoms with Gasteiger partial charge in [0.05, 0.1) is 3.79 Å². The van der Waals surface area contributed by atoms with Gasteiger partial charge in [-0.1, -0.05) is 6.07 Å². The number of aliphatic hydroxyl groups excluding tert-OH is 1. The predicted molar refractivity (Wildman–Crippen MR) is 60.4 cm³/mol. The van der Waals surface area contributed by atoms with E-state index < -0.39 is 6.10 Å². The second-order valence-corrected chi connectivity index (χ2v) is 5.87. The van der Waals surface area contributed by atoms with E-state index in [0.29, 0.717) is 0 Å². The first-order valence-electron chi connectivity index (χ1n) is 3.73. The van der Waals surface area contributed by atoms with E-state index in [2.05, 4.69) is 15.9 Å². The van der Waals surface area contributed by atoms with Gasteiger partial charge in [0, 0.05) is 4.88 Å². The maximum atomic E-state index is 9.89.